The number of amides is 1. The molecule has 13 heteroatoms. The van der Waals surface area contributed by atoms with E-state index >= 15 is 0 Å². The number of hydrogen-bond acceptors (Lipinski definition) is 8. The predicted molar refractivity (Wildman–Crippen MR) is 138 cm³/mol. The number of nitrogens with zero attached hydrogens (tertiary/aromatic N) is 2. The summed E-state index contributed by atoms with van der Waals surface area (Å²) < 4.78 is 55.6. The van der Waals surface area contributed by atoms with Crippen LogP contribution in [0.25, 0.3) is 0 Å². The molecular formula is C23H32N4O6S3. The van der Waals surface area contributed by atoms with Crippen LogP contribution in [0.15, 0.2) is 26.0 Å². The van der Waals surface area contributed by atoms with Crippen molar-refractivity contribution >= 4 is 48.1 Å². The second kappa shape index (κ2) is 8.53. The van der Waals surface area contributed by atoms with Crippen LogP contribution in [0, 0.1) is 23.2 Å². The van der Waals surface area contributed by atoms with E-state index in [1.165, 1.54) is 0 Å². The van der Waals surface area contributed by atoms with E-state index < -0.39 is 26.0 Å². The summed E-state index contributed by atoms with van der Waals surface area (Å²) in [6, 6.07) is -0.0749. The molecular weight excluding hydrogens is 524 g/mol. The maximum atomic E-state index is 13.8. The molecule has 0 aromatic carbocycles. The van der Waals surface area contributed by atoms with Gasteiger partial charge in [0.25, 0.3) is 15.9 Å². The highest BCUT2D eigenvalue weighted by Crippen LogP contribution is 2.55. The van der Waals surface area contributed by atoms with Crippen molar-refractivity contribution in [3.05, 3.63) is 22.3 Å². The minimum Gasteiger partial charge on any atom is -0.511 e. The fourth-order valence-corrected chi connectivity index (χ4v) is 9.09. The molecule has 198 valence electrons. The van der Waals surface area contributed by atoms with E-state index in [1.54, 1.807) is 5.38 Å². The quantitative estimate of drug-likeness (QED) is 0.488. The molecule has 3 N–H and O–H groups in total. The highest BCUT2D eigenvalue weighted by Gasteiger charge is 2.57. The number of sulfonamides is 2. The summed E-state index contributed by atoms with van der Waals surface area (Å²) in [5.74, 6) is -0.256. The molecule has 2 aliphatic carbocycles. The topological polar surface area (TPSA) is 145 Å². The van der Waals surface area contributed by atoms with Crippen molar-refractivity contribution in [2.24, 2.45) is 27.6 Å². The zero-order valence-electron chi connectivity index (χ0n) is 20.7. The molecule has 0 radical (unpaired) electrons. The molecule has 0 spiro atoms. The number of aliphatic hydroxyl groups excluding tert-OH is 1. The average Bonchev–Trinajstić information content (AvgIpc) is 3.45. The van der Waals surface area contributed by atoms with Crippen molar-refractivity contribution < 1.29 is 26.7 Å². The Hall–Kier alpha value is -1.96. The lowest BCUT2D eigenvalue weighted by Gasteiger charge is -2.44. The molecule has 4 aliphatic rings. The van der Waals surface area contributed by atoms with Crippen LogP contribution in [0.4, 0.5) is 5.00 Å². The molecule has 2 aliphatic heterocycles. The van der Waals surface area contributed by atoms with E-state index in [2.05, 4.69) is 35.2 Å². The zero-order valence-corrected chi connectivity index (χ0v) is 23.2. The van der Waals surface area contributed by atoms with E-state index in [9.17, 15) is 26.7 Å². The van der Waals surface area contributed by atoms with Crippen LogP contribution in [-0.2, 0) is 31.4 Å². The Morgan fingerprint density at radius 3 is 2.64 bits per heavy atom. The van der Waals surface area contributed by atoms with Crippen molar-refractivity contribution in [3.63, 3.8) is 0 Å². The van der Waals surface area contributed by atoms with Crippen molar-refractivity contribution in [1.29, 1.82) is 0 Å². The SMILES string of the molecule is CC(C)(C)CCN1C(=O)C(C2=NS(=O)(=O)c3c(CNS(C)(=O)=O)csc3N2)=C(O)[C@@H]2C3CCC(C3)[C@@H]21. The maximum absolute atomic E-state index is 13.8. The van der Waals surface area contributed by atoms with Gasteiger partial charge in [-0.25, -0.2) is 13.1 Å². The monoisotopic (exact) mass is 556 g/mol. The van der Waals surface area contributed by atoms with Gasteiger partial charge >= 0.3 is 0 Å². The van der Waals surface area contributed by atoms with Gasteiger partial charge in [-0.2, -0.15) is 8.42 Å². The molecule has 4 atom stereocenters. The fourth-order valence-electron chi connectivity index (χ4n) is 6.07. The van der Waals surface area contributed by atoms with Crippen molar-refractivity contribution in [3.8, 4) is 0 Å². The summed E-state index contributed by atoms with van der Waals surface area (Å²) in [5, 5.41) is 16.1. The van der Waals surface area contributed by atoms with Gasteiger partial charge in [0.1, 0.15) is 21.2 Å². The van der Waals surface area contributed by atoms with E-state index in [4.69, 9.17) is 0 Å². The summed E-state index contributed by atoms with van der Waals surface area (Å²) >= 11 is 1.09. The normalized spacial score (nSPS) is 29.2. The van der Waals surface area contributed by atoms with Gasteiger partial charge in [0.15, 0.2) is 5.84 Å². The van der Waals surface area contributed by atoms with E-state index in [0.29, 0.717) is 12.5 Å². The number of nitrogens with one attached hydrogen (secondary N) is 2. The molecule has 2 bridgehead atoms. The lowest BCUT2D eigenvalue weighted by Crippen LogP contribution is -2.54. The lowest BCUT2D eigenvalue weighted by molar-refractivity contribution is -0.133. The molecule has 1 aromatic rings. The number of anilines is 1. The van der Waals surface area contributed by atoms with Gasteiger partial charge < -0.3 is 15.3 Å². The van der Waals surface area contributed by atoms with Gasteiger partial charge in [0, 0.05) is 30.6 Å². The molecule has 2 unspecified atom stereocenters. The Labute approximate surface area is 216 Å². The minimum atomic E-state index is -4.24. The fraction of sp³-hybridized carbons (Fsp3) is 0.652. The molecule has 0 saturated heterocycles. The highest BCUT2D eigenvalue weighted by molar-refractivity contribution is 7.91. The molecule has 3 heterocycles. The van der Waals surface area contributed by atoms with Crippen LogP contribution >= 0.6 is 11.3 Å². The standard InChI is InChI=1S/C23H32N4O6S3/c1-23(2,3)7-8-27-17-13-6-5-12(9-13)15(17)18(28)16(22(27)29)20-25-21-19(36(32,33)26-20)14(11-34-21)10-24-35(4,30)31/h11-13,15,17,24,28H,5-10H2,1-4H3,(H,25,26)/t12?,13?,15-,17+/m1/s1. The van der Waals surface area contributed by atoms with Crippen LogP contribution in [-0.4, -0.2) is 57.4 Å². The predicted octanol–water partition coefficient (Wildman–Crippen LogP) is 2.82. The second-order valence-electron chi connectivity index (χ2n) is 11.5. The first-order valence-corrected chi connectivity index (χ1v) is 16.3. The number of carbonyl (C=O) groups excluding carboxylic acids is 1. The Balaban J connectivity index is 1.53. The first-order chi connectivity index (χ1) is 16.7. The first kappa shape index (κ1) is 25.7. The van der Waals surface area contributed by atoms with E-state index in [-0.39, 0.29) is 62.5 Å². The largest absolute Gasteiger partial charge is 0.511 e. The van der Waals surface area contributed by atoms with Gasteiger partial charge in [0.05, 0.1) is 6.26 Å². The van der Waals surface area contributed by atoms with Crippen LogP contribution in [0.3, 0.4) is 0 Å². The molecule has 2 saturated carbocycles. The third-order valence-corrected chi connectivity index (χ3v) is 10.8. The lowest BCUT2D eigenvalue weighted by atomic mass is 9.77. The van der Waals surface area contributed by atoms with E-state index in [1.807, 2.05) is 4.90 Å². The number of fused-ring (bicyclic) bond motifs is 6. The Morgan fingerprint density at radius 2 is 1.97 bits per heavy atom. The Kier molecular flexibility index (Phi) is 6.09. The maximum Gasteiger partial charge on any atom is 0.287 e. The summed E-state index contributed by atoms with van der Waals surface area (Å²) in [7, 11) is -7.77. The number of rotatable bonds is 6. The summed E-state index contributed by atoms with van der Waals surface area (Å²) in [6.45, 7) is 6.66. The summed E-state index contributed by atoms with van der Waals surface area (Å²) in [4.78, 5) is 15.6. The van der Waals surface area contributed by atoms with Crippen LogP contribution in [0.1, 0.15) is 52.0 Å². The number of aliphatic hydroxyl groups is 1. The number of carbonyl (C=O) groups is 1. The Bertz CT molecular complexity index is 1390. The highest BCUT2D eigenvalue weighted by atomic mass is 32.2. The van der Waals surface area contributed by atoms with Crippen LogP contribution in [0.5, 0.6) is 0 Å². The number of amidine groups is 1. The van der Waals surface area contributed by atoms with Crippen molar-refractivity contribution in [2.45, 2.75) is 63.9 Å². The molecule has 1 aromatic heterocycles. The van der Waals surface area contributed by atoms with Crippen LogP contribution in [0.2, 0.25) is 0 Å². The first-order valence-electron chi connectivity index (χ1n) is 12.1. The van der Waals surface area contributed by atoms with Crippen molar-refractivity contribution in [1.82, 2.24) is 9.62 Å². The van der Waals surface area contributed by atoms with Gasteiger partial charge in [-0.15, -0.1) is 15.7 Å². The Morgan fingerprint density at radius 1 is 1.28 bits per heavy atom. The van der Waals surface area contributed by atoms with Crippen molar-refractivity contribution in [2.75, 3.05) is 18.1 Å². The third-order valence-electron chi connectivity index (χ3n) is 7.66. The minimum absolute atomic E-state index is 0.00296. The van der Waals surface area contributed by atoms with Gasteiger partial charge in [-0.3, -0.25) is 4.79 Å². The van der Waals surface area contributed by atoms with E-state index in [0.717, 1.165) is 43.3 Å². The summed E-state index contributed by atoms with van der Waals surface area (Å²) in [5.41, 5.74) is 0.197. The summed E-state index contributed by atoms with van der Waals surface area (Å²) in [6.07, 6.45) is 4.74. The average molecular weight is 557 g/mol. The number of thiophene rings is 1. The second-order valence-corrected chi connectivity index (χ2v) is 15.7. The van der Waals surface area contributed by atoms with Crippen LogP contribution < -0.4 is 10.0 Å². The number of hydrogen-bond donors (Lipinski definition) is 3. The molecule has 5 rings (SSSR count). The third kappa shape index (κ3) is 4.48. The molecule has 2 fully saturated rings. The molecule has 10 nitrogen and oxygen atoms in total. The van der Waals surface area contributed by atoms with Gasteiger partial charge in [-0.1, -0.05) is 20.8 Å². The smallest absolute Gasteiger partial charge is 0.287 e. The molecule has 36 heavy (non-hydrogen) atoms. The molecule has 1 amide bonds. The van der Waals surface area contributed by atoms with Gasteiger partial charge in [-0.05, 0) is 48.3 Å². The van der Waals surface area contributed by atoms with Gasteiger partial charge in [0.2, 0.25) is 10.0 Å². The zero-order chi connectivity index (χ0) is 26.2.